The van der Waals surface area contributed by atoms with Crippen molar-refractivity contribution in [3.63, 3.8) is 0 Å². The Morgan fingerprint density at radius 1 is 1.48 bits per heavy atom. The predicted octanol–water partition coefficient (Wildman–Crippen LogP) is 3.01. The van der Waals surface area contributed by atoms with Gasteiger partial charge in [0.05, 0.1) is 21.3 Å². The van der Waals surface area contributed by atoms with Crippen molar-refractivity contribution in [3.05, 3.63) is 44.4 Å². The number of amides is 2. The average molecular weight is 406 g/mol. The second-order valence-electron chi connectivity index (χ2n) is 6.38. The molecule has 0 radical (unpaired) electrons. The van der Waals surface area contributed by atoms with Crippen molar-refractivity contribution in [3.8, 4) is 0 Å². The van der Waals surface area contributed by atoms with Gasteiger partial charge in [-0.05, 0) is 37.3 Å². The number of carbonyl (C=O) groups is 2. The fourth-order valence-electron chi connectivity index (χ4n) is 2.83. The molecule has 0 fully saturated rings. The van der Waals surface area contributed by atoms with E-state index in [2.05, 4.69) is 17.2 Å². The van der Waals surface area contributed by atoms with E-state index < -0.39 is 10.8 Å². The van der Waals surface area contributed by atoms with Gasteiger partial charge < -0.3 is 11.1 Å². The molecule has 1 aliphatic carbocycles. The molecule has 0 spiro atoms. The van der Waals surface area contributed by atoms with E-state index in [9.17, 15) is 19.7 Å². The number of anilines is 1. The Morgan fingerprint density at radius 2 is 2.26 bits per heavy atom. The molecular formula is C17H18N4O4S2. The lowest BCUT2D eigenvalue weighted by atomic mass is 9.93. The minimum atomic E-state index is -0.741. The van der Waals surface area contributed by atoms with Gasteiger partial charge in [0.15, 0.2) is 5.13 Å². The smallest absolute Gasteiger partial charge is 0.283 e. The van der Waals surface area contributed by atoms with Crippen molar-refractivity contribution in [1.82, 2.24) is 4.98 Å². The summed E-state index contributed by atoms with van der Waals surface area (Å²) in [5.74, 6) is -0.403. The second-order valence-corrected chi connectivity index (χ2v) is 8.48. The number of nitrogens with one attached hydrogen (secondary N) is 1. The molecule has 1 heterocycles. The Hall–Kier alpha value is -2.46. The third-order valence-corrected chi connectivity index (χ3v) is 6.33. The highest BCUT2D eigenvalue weighted by atomic mass is 32.2. The van der Waals surface area contributed by atoms with Crippen LogP contribution in [0.4, 0.5) is 10.8 Å². The van der Waals surface area contributed by atoms with Crippen LogP contribution >= 0.6 is 23.1 Å². The summed E-state index contributed by atoms with van der Waals surface area (Å²) in [6.45, 7) is 2.20. The standard InChI is InChI=1S/C17H18N4O4S2/c1-9-2-4-11-14(6-9)27-17(19-11)20-15(22)8-26-13-5-3-10(16(18)23)7-12(13)21(24)25/h3,5,7,9H,2,4,6,8H2,1H3,(H2,18,23)(H,19,20,22). The molecular weight excluding hydrogens is 388 g/mol. The van der Waals surface area contributed by atoms with Gasteiger partial charge in [0.25, 0.3) is 5.69 Å². The molecule has 8 nitrogen and oxygen atoms in total. The molecule has 142 valence electrons. The van der Waals surface area contributed by atoms with Gasteiger partial charge in [0.2, 0.25) is 11.8 Å². The van der Waals surface area contributed by atoms with Crippen LogP contribution in [0.5, 0.6) is 0 Å². The van der Waals surface area contributed by atoms with E-state index in [0.29, 0.717) is 15.9 Å². The summed E-state index contributed by atoms with van der Waals surface area (Å²) in [7, 11) is 0. The molecule has 1 aromatic carbocycles. The highest BCUT2D eigenvalue weighted by Crippen LogP contribution is 2.33. The van der Waals surface area contributed by atoms with Crippen LogP contribution in [0.25, 0.3) is 0 Å². The number of fused-ring (bicyclic) bond motifs is 1. The average Bonchev–Trinajstić information content (AvgIpc) is 3.00. The number of thioether (sulfide) groups is 1. The Labute approximate surface area is 163 Å². The number of rotatable bonds is 6. The van der Waals surface area contributed by atoms with E-state index in [4.69, 9.17) is 5.73 Å². The zero-order chi connectivity index (χ0) is 19.6. The molecule has 0 saturated carbocycles. The molecule has 10 heteroatoms. The van der Waals surface area contributed by atoms with Crippen LogP contribution in [0.15, 0.2) is 23.1 Å². The number of nitrogens with zero attached hydrogens (tertiary/aromatic N) is 2. The monoisotopic (exact) mass is 406 g/mol. The summed E-state index contributed by atoms with van der Waals surface area (Å²) in [4.78, 5) is 40.0. The van der Waals surface area contributed by atoms with Gasteiger partial charge in [-0.15, -0.1) is 23.1 Å². The maximum atomic E-state index is 12.2. The first kappa shape index (κ1) is 19.3. The molecule has 27 heavy (non-hydrogen) atoms. The van der Waals surface area contributed by atoms with Gasteiger partial charge in [0.1, 0.15) is 0 Å². The van der Waals surface area contributed by atoms with Gasteiger partial charge in [0, 0.05) is 16.5 Å². The first-order valence-electron chi connectivity index (χ1n) is 8.33. The lowest BCUT2D eigenvalue weighted by Gasteiger charge is -2.15. The topological polar surface area (TPSA) is 128 Å². The molecule has 0 saturated heterocycles. The van der Waals surface area contributed by atoms with Crippen molar-refractivity contribution in [2.24, 2.45) is 11.7 Å². The highest BCUT2D eigenvalue weighted by Gasteiger charge is 2.21. The maximum absolute atomic E-state index is 12.2. The summed E-state index contributed by atoms with van der Waals surface area (Å²) in [5, 5.41) is 14.5. The van der Waals surface area contributed by atoms with Crippen molar-refractivity contribution in [2.75, 3.05) is 11.1 Å². The summed E-state index contributed by atoms with van der Waals surface area (Å²) in [6.07, 6.45) is 3.01. The number of hydrogen-bond acceptors (Lipinski definition) is 7. The Morgan fingerprint density at radius 3 is 2.96 bits per heavy atom. The first-order valence-corrected chi connectivity index (χ1v) is 10.1. The van der Waals surface area contributed by atoms with Crippen LogP contribution in [-0.4, -0.2) is 27.5 Å². The minimum Gasteiger partial charge on any atom is -0.366 e. The number of nitrogens with two attached hydrogens (primary N) is 1. The predicted molar refractivity (Wildman–Crippen MR) is 104 cm³/mol. The molecule has 1 atom stereocenters. The van der Waals surface area contributed by atoms with Crippen molar-refractivity contribution >= 4 is 45.7 Å². The molecule has 1 unspecified atom stereocenters. The van der Waals surface area contributed by atoms with E-state index >= 15 is 0 Å². The Balaban J connectivity index is 1.64. The van der Waals surface area contributed by atoms with Gasteiger partial charge in [-0.2, -0.15) is 0 Å². The van der Waals surface area contributed by atoms with Crippen molar-refractivity contribution in [2.45, 2.75) is 31.1 Å². The van der Waals surface area contributed by atoms with Crippen LogP contribution in [0.1, 0.15) is 34.3 Å². The van der Waals surface area contributed by atoms with Crippen LogP contribution < -0.4 is 11.1 Å². The van der Waals surface area contributed by atoms with Crippen LogP contribution in [0, 0.1) is 16.0 Å². The van der Waals surface area contributed by atoms with E-state index in [1.54, 1.807) is 0 Å². The van der Waals surface area contributed by atoms with E-state index in [-0.39, 0.29) is 22.9 Å². The molecule has 2 aromatic rings. The number of nitro groups is 1. The lowest BCUT2D eigenvalue weighted by molar-refractivity contribution is -0.387. The summed E-state index contributed by atoms with van der Waals surface area (Å²) < 4.78 is 0. The number of aryl methyl sites for hydroxylation is 1. The molecule has 2 amide bonds. The molecule has 0 bridgehead atoms. The summed E-state index contributed by atoms with van der Waals surface area (Å²) in [6, 6.07) is 3.96. The van der Waals surface area contributed by atoms with E-state index in [1.807, 2.05) is 0 Å². The van der Waals surface area contributed by atoms with Gasteiger partial charge in [-0.25, -0.2) is 4.98 Å². The number of primary amides is 1. The van der Waals surface area contributed by atoms with Gasteiger partial charge in [-0.3, -0.25) is 19.7 Å². The van der Waals surface area contributed by atoms with E-state index in [1.165, 1.54) is 28.3 Å². The quantitative estimate of drug-likeness (QED) is 0.431. The lowest BCUT2D eigenvalue weighted by Crippen LogP contribution is -2.14. The number of thiazole rings is 1. The third-order valence-electron chi connectivity index (χ3n) is 4.23. The molecule has 3 N–H and O–H groups in total. The van der Waals surface area contributed by atoms with Crippen LogP contribution in [-0.2, 0) is 17.6 Å². The zero-order valence-corrected chi connectivity index (χ0v) is 16.2. The SMILES string of the molecule is CC1CCc2nc(NC(=O)CSc3ccc(C(N)=O)cc3[N+](=O)[O-])sc2C1. The molecule has 3 rings (SSSR count). The van der Waals surface area contributed by atoms with Crippen LogP contribution in [0.2, 0.25) is 0 Å². The number of benzene rings is 1. The fraction of sp³-hybridized carbons (Fsp3) is 0.353. The number of nitro benzene ring substituents is 1. The number of aromatic nitrogens is 1. The molecule has 1 aromatic heterocycles. The van der Waals surface area contributed by atoms with Gasteiger partial charge in [-0.1, -0.05) is 6.92 Å². The fourth-order valence-corrected chi connectivity index (χ4v) is 4.82. The van der Waals surface area contributed by atoms with Crippen LogP contribution in [0.3, 0.4) is 0 Å². The largest absolute Gasteiger partial charge is 0.366 e. The summed E-state index contributed by atoms with van der Waals surface area (Å²) >= 11 is 2.52. The summed E-state index contributed by atoms with van der Waals surface area (Å²) in [5.41, 5.74) is 6.01. The normalized spacial score (nSPS) is 15.8. The Kier molecular flexibility index (Phi) is 5.76. The second kappa shape index (κ2) is 8.05. The van der Waals surface area contributed by atoms with E-state index in [0.717, 1.165) is 42.8 Å². The number of carbonyl (C=O) groups excluding carboxylic acids is 2. The number of hydrogen-bond donors (Lipinski definition) is 2. The molecule has 0 aliphatic heterocycles. The zero-order valence-electron chi connectivity index (χ0n) is 14.6. The minimum absolute atomic E-state index is 0.00257. The third kappa shape index (κ3) is 4.64. The Bertz CT molecular complexity index is 912. The maximum Gasteiger partial charge on any atom is 0.283 e. The van der Waals surface area contributed by atoms with Crippen molar-refractivity contribution < 1.29 is 14.5 Å². The van der Waals surface area contributed by atoms with Gasteiger partial charge >= 0.3 is 0 Å². The highest BCUT2D eigenvalue weighted by molar-refractivity contribution is 8.00. The van der Waals surface area contributed by atoms with Crippen molar-refractivity contribution in [1.29, 1.82) is 0 Å². The molecule has 1 aliphatic rings. The first-order chi connectivity index (χ1) is 12.8.